The third kappa shape index (κ3) is 6.33. The van der Waals surface area contributed by atoms with E-state index in [1.807, 2.05) is 37.3 Å². The van der Waals surface area contributed by atoms with Gasteiger partial charge in [0.05, 0.1) is 12.8 Å². The van der Waals surface area contributed by atoms with Crippen LogP contribution in [0.2, 0.25) is 0 Å². The Morgan fingerprint density at radius 1 is 1.14 bits per heavy atom. The van der Waals surface area contributed by atoms with Gasteiger partial charge in [0.15, 0.2) is 0 Å². The van der Waals surface area contributed by atoms with Crippen LogP contribution in [0, 0.1) is 12.7 Å². The number of nitrogens with one attached hydrogen (secondary N) is 1. The van der Waals surface area contributed by atoms with Crippen molar-refractivity contribution in [3.05, 3.63) is 59.4 Å². The predicted molar refractivity (Wildman–Crippen MR) is 137 cm³/mol. The van der Waals surface area contributed by atoms with Gasteiger partial charge in [0.1, 0.15) is 11.6 Å². The van der Waals surface area contributed by atoms with Crippen LogP contribution in [0.15, 0.2) is 42.5 Å². The fourth-order valence-electron chi connectivity index (χ4n) is 5.85. The van der Waals surface area contributed by atoms with E-state index in [-0.39, 0.29) is 11.9 Å². The van der Waals surface area contributed by atoms with E-state index >= 15 is 0 Å². The largest absolute Gasteiger partial charge is 0.495 e. The molecule has 2 aliphatic rings. The Bertz CT molecular complexity index is 970. The molecular formula is C28H38FN3O3. The monoisotopic (exact) mass is 483 g/mol. The van der Waals surface area contributed by atoms with Crippen LogP contribution in [0.4, 0.5) is 14.9 Å². The zero-order valence-corrected chi connectivity index (χ0v) is 20.9. The van der Waals surface area contributed by atoms with Gasteiger partial charge in [0.25, 0.3) is 0 Å². The molecule has 0 aliphatic carbocycles. The average Bonchev–Trinajstić information content (AvgIpc) is 2.82. The molecule has 0 aromatic heterocycles. The van der Waals surface area contributed by atoms with E-state index in [0.29, 0.717) is 23.5 Å². The molecule has 2 aromatic carbocycles. The highest BCUT2D eigenvalue weighted by Crippen LogP contribution is 2.40. The van der Waals surface area contributed by atoms with Crippen molar-refractivity contribution >= 4 is 11.8 Å². The molecule has 7 heteroatoms. The van der Waals surface area contributed by atoms with Crippen molar-refractivity contribution < 1.29 is 19.0 Å². The van der Waals surface area contributed by atoms with Gasteiger partial charge < -0.3 is 15.2 Å². The fraction of sp³-hybridized carbons (Fsp3) is 0.536. The molecule has 35 heavy (non-hydrogen) atoms. The quantitative estimate of drug-likeness (QED) is 0.432. The van der Waals surface area contributed by atoms with E-state index in [4.69, 9.17) is 4.74 Å². The second-order valence-corrected chi connectivity index (χ2v) is 9.94. The van der Waals surface area contributed by atoms with Gasteiger partial charge in [-0.15, -0.1) is 0 Å². The number of amides is 1. The van der Waals surface area contributed by atoms with Crippen molar-refractivity contribution in [1.29, 1.82) is 0 Å². The van der Waals surface area contributed by atoms with Gasteiger partial charge in [0.2, 0.25) is 0 Å². The maximum Gasteiger partial charge on any atom is 0.412 e. The topological polar surface area (TPSA) is 65.0 Å². The normalized spacial score (nSPS) is 22.1. The van der Waals surface area contributed by atoms with Crippen LogP contribution in [0.3, 0.4) is 0 Å². The SMILES string of the molecule is COc1ccc(C)cc1N(C(=O)O)C1CC2CCCC(C1)N2CCCCNCc1ccc(F)cc1. The number of piperidine rings is 2. The highest BCUT2D eigenvalue weighted by Gasteiger charge is 2.42. The number of fused-ring (bicyclic) bond motifs is 2. The molecule has 2 saturated heterocycles. The van der Waals surface area contributed by atoms with E-state index in [9.17, 15) is 14.3 Å². The third-order valence-electron chi connectivity index (χ3n) is 7.53. The van der Waals surface area contributed by atoms with Gasteiger partial charge >= 0.3 is 6.09 Å². The predicted octanol–water partition coefficient (Wildman–Crippen LogP) is 5.58. The fourth-order valence-corrected chi connectivity index (χ4v) is 5.85. The molecule has 190 valence electrons. The lowest BCUT2D eigenvalue weighted by molar-refractivity contribution is 0.0289. The second kappa shape index (κ2) is 11.9. The molecule has 2 fully saturated rings. The molecule has 2 atom stereocenters. The number of carbonyl (C=O) groups is 1. The number of halogens is 1. The Labute approximate surface area is 208 Å². The minimum atomic E-state index is -0.905. The Balaban J connectivity index is 1.31. The van der Waals surface area contributed by atoms with E-state index in [2.05, 4.69) is 10.2 Å². The van der Waals surface area contributed by atoms with Crippen LogP contribution in [0.25, 0.3) is 0 Å². The molecule has 2 aromatic rings. The second-order valence-electron chi connectivity index (χ2n) is 9.94. The average molecular weight is 484 g/mol. The van der Waals surface area contributed by atoms with Crippen LogP contribution in [-0.4, -0.2) is 54.4 Å². The number of rotatable bonds is 10. The lowest BCUT2D eigenvalue weighted by Crippen LogP contribution is -2.58. The van der Waals surface area contributed by atoms with Gasteiger partial charge in [0, 0.05) is 24.7 Å². The van der Waals surface area contributed by atoms with Gasteiger partial charge in [-0.05, 0) is 93.9 Å². The zero-order chi connectivity index (χ0) is 24.8. The number of methoxy groups -OCH3 is 1. The first-order valence-electron chi connectivity index (χ1n) is 12.8. The Morgan fingerprint density at radius 3 is 2.51 bits per heavy atom. The number of ether oxygens (including phenoxy) is 1. The summed E-state index contributed by atoms with van der Waals surface area (Å²) in [4.78, 5) is 16.6. The molecule has 4 rings (SSSR count). The van der Waals surface area contributed by atoms with E-state index in [1.54, 1.807) is 12.0 Å². The number of nitrogens with zero attached hydrogens (tertiary/aromatic N) is 2. The molecule has 2 aliphatic heterocycles. The van der Waals surface area contributed by atoms with E-state index in [1.165, 1.54) is 18.6 Å². The summed E-state index contributed by atoms with van der Waals surface area (Å²) in [6.45, 7) is 4.73. The first kappa shape index (κ1) is 25.5. The smallest absolute Gasteiger partial charge is 0.412 e. The lowest BCUT2D eigenvalue weighted by Gasteiger charge is -2.50. The number of carboxylic acid groups (broad SMARTS) is 1. The lowest BCUT2D eigenvalue weighted by atomic mass is 9.81. The molecule has 6 nitrogen and oxygen atoms in total. The molecule has 2 heterocycles. The number of aryl methyl sites for hydroxylation is 1. The minimum absolute atomic E-state index is 0.0351. The summed E-state index contributed by atoms with van der Waals surface area (Å²) in [5, 5.41) is 13.6. The van der Waals surface area contributed by atoms with Crippen LogP contribution >= 0.6 is 0 Å². The summed E-state index contributed by atoms with van der Waals surface area (Å²) in [5.74, 6) is 0.409. The summed E-state index contributed by atoms with van der Waals surface area (Å²) in [5.41, 5.74) is 2.78. The maximum atomic E-state index is 13.0. The number of hydrogen-bond acceptors (Lipinski definition) is 4. The van der Waals surface area contributed by atoms with Gasteiger partial charge in [-0.25, -0.2) is 9.18 Å². The maximum absolute atomic E-state index is 13.0. The molecule has 2 bridgehead atoms. The van der Waals surface area contributed by atoms with Gasteiger partial charge in [-0.2, -0.15) is 0 Å². The standard InChI is InChI=1S/C28H38FN3O3/c1-20-8-13-27(35-2)26(16-20)32(28(33)34)25-17-23-6-5-7-24(18-25)31(23)15-4-3-14-30-19-21-9-11-22(29)12-10-21/h8-13,16,23-25,30H,3-7,14-15,17-19H2,1-2H3,(H,33,34). The first-order valence-corrected chi connectivity index (χ1v) is 12.8. The zero-order valence-electron chi connectivity index (χ0n) is 20.9. The Kier molecular flexibility index (Phi) is 8.63. The van der Waals surface area contributed by atoms with Crippen molar-refractivity contribution in [1.82, 2.24) is 10.2 Å². The van der Waals surface area contributed by atoms with E-state index in [0.717, 1.165) is 69.3 Å². The third-order valence-corrected chi connectivity index (χ3v) is 7.53. The van der Waals surface area contributed by atoms with Crippen LogP contribution < -0.4 is 15.0 Å². The summed E-state index contributed by atoms with van der Waals surface area (Å²) in [7, 11) is 1.60. The molecular weight excluding hydrogens is 445 g/mol. The van der Waals surface area contributed by atoms with Crippen molar-refractivity contribution in [3.63, 3.8) is 0 Å². The summed E-state index contributed by atoms with van der Waals surface area (Å²) in [6.07, 6.45) is 6.51. The number of hydrogen-bond donors (Lipinski definition) is 2. The molecule has 2 N–H and O–H groups in total. The van der Waals surface area contributed by atoms with Gasteiger partial charge in [-0.3, -0.25) is 9.80 Å². The van der Waals surface area contributed by atoms with Gasteiger partial charge in [-0.1, -0.05) is 24.6 Å². The Hall–Kier alpha value is -2.64. The van der Waals surface area contributed by atoms with Crippen molar-refractivity contribution in [2.45, 2.75) is 76.5 Å². The molecule has 0 radical (unpaired) electrons. The van der Waals surface area contributed by atoms with Crippen molar-refractivity contribution in [2.24, 2.45) is 0 Å². The van der Waals surface area contributed by atoms with Crippen LogP contribution in [0.5, 0.6) is 5.75 Å². The Morgan fingerprint density at radius 2 is 1.86 bits per heavy atom. The highest BCUT2D eigenvalue weighted by atomic mass is 19.1. The highest BCUT2D eigenvalue weighted by molar-refractivity contribution is 5.89. The van der Waals surface area contributed by atoms with E-state index < -0.39 is 6.09 Å². The van der Waals surface area contributed by atoms with Crippen LogP contribution in [-0.2, 0) is 6.54 Å². The number of benzene rings is 2. The molecule has 0 spiro atoms. The van der Waals surface area contributed by atoms with Crippen molar-refractivity contribution in [2.75, 3.05) is 25.1 Å². The molecule has 1 amide bonds. The summed E-state index contributed by atoms with van der Waals surface area (Å²) < 4.78 is 18.5. The minimum Gasteiger partial charge on any atom is -0.495 e. The molecule has 0 saturated carbocycles. The summed E-state index contributed by atoms with van der Waals surface area (Å²) >= 11 is 0. The summed E-state index contributed by atoms with van der Waals surface area (Å²) in [6, 6.07) is 13.2. The van der Waals surface area contributed by atoms with Crippen LogP contribution in [0.1, 0.15) is 56.1 Å². The van der Waals surface area contributed by atoms with Crippen molar-refractivity contribution in [3.8, 4) is 5.75 Å². The molecule has 2 unspecified atom stereocenters. The first-order chi connectivity index (χ1) is 17.0. The number of anilines is 1. The number of unbranched alkanes of at least 4 members (excludes halogenated alkanes) is 1.